The third kappa shape index (κ3) is 5.28. The lowest BCUT2D eigenvalue weighted by atomic mass is 10.1. The summed E-state index contributed by atoms with van der Waals surface area (Å²) >= 11 is 0. The second-order valence-corrected chi connectivity index (χ2v) is 2.13. The molecule has 0 spiro atoms. The van der Waals surface area contributed by atoms with Crippen LogP contribution < -0.4 is 0 Å². The maximum Gasteiger partial charge on any atom is 0.0226 e. The lowest BCUT2D eigenvalue weighted by molar-refractivity contribution is 0.697. The Labute approximate surface area is 57.5 Å². The molecule has 0 aromatic heterocycles. The van der Waals surface area contributed by atoms with Crippen molar-refractivity contribution in [3.63, 3.8) is 0 Å². The maximum absolute atomic E-state index is 3.95. The Kier molecular flexibility index (Phi) is 5.18. The molecule has 0 amide bonds. The third-order valence-electron chi connectivity index (χ3n) is 1.29. The summed E-state index contributed by atoms with van der Waals surface area (Å²) in [5.74, 6) is 0.661. The van der Waals surface area contributed by atoms with Gasteiger partial charge in [-0.2, -0.15) is 0 Å². The molecule has 52 valence electrons. The van der Waals surface area contributed by atoms with E-state index in [0.717, 1.165) is 0 Å². The van der Waals surface area contributed by atoms with Gasteiger partial charge in [0.25, 0.3) is 0 Å². The van der Waals surface area contributed by atoms with Gasteiger partial charge in [-0.15, -0.1) is 0 Å². The molecule has 0 saturated carbocycles. The first-order valence-electron chi connectivity index (χ1n) is 3.45. The molecule has 1 nitrogen and oxygen atoms in total. The fourth-order valence-electron chi connectivity index (χ4n) is 0.419. The molecule has 0 saturated heterocycles. The van der Waals surface area contributed by atoms with Crippen molar-refractivity contribution in [2.75, 3.05) is 0 Å². The monoisotopic (exact) mass is 125 g/mol. The Hall–Kier alpha value is -0.590. The lowest BCUT2D eigenvalue weighted by Gasteiger charge is -1.95. The summed E-state index contributed by atoms with van der Waals surface area (Å²) < 4.78 is 0. The molecule has 0 radical (unpaired) electrons. The van der Waals surface area contributed by atoms with Crippen LogP contribution in [0.3, 0.4) is 0 Å². The smallest absolute Gasteiger partial charge is 0.0226 e. The number of hydrogen-bond donors (Lipinski definition) is 0. The molecular formula is C8H15N. The number of allylic oxidation sites excluding steroid dienone is 1. The molecule has 0 fully saturated rings. The summed E-state index contributed by atoms with van der Waals surface area (Å²) in [7, 11) is 0. The Morgan fingerprint density at radius 2 is 2.22 bits per heavy atom. The molecule has 0 bridgehead atoms. The summed E-state index contributed by atoms with van der Waals surface area (Å²) in [6.45, 7) is 6.27. The highest BCUT2D eigenvalue weighted by molar-refractivity contribution is 5.54. The summed E-state index contributed by atoms with van der Waals surface area (Å²) in [4.78, 5) is 3.95. The van der Waals surface area contributed by atoms with Crippen LogP contribution in [0.4, 0.5) is 0 Å². The van der Waals surface area contributed by atoms with Crippen LogP contribution in [0.2, 0.25) is 0 Å². The maximum atomic E-state index is 3.95. The number of hydrogen-bond acceptors (Lipinski definition) is 1. The highest BCUT2D eigenvalue weighted by Crippen LogP contribution is 2.00. The Morgan fingerprint density at radius 3 is 2.67 bits per heavy atom. The van der Waals surface area contributed by atoms with Crippen molar-refractivity contribution >= 4 is 6.21 Å². The molecule has 1 heteroatoms. The number of rotatable bonds is 3. The average Bonchev–Trinajstić information content (AvgIpc) is 1.89. The SMILES string of the molecule is CC=N/C=C\C(C)CC. The summed E-state index contributed by atoms with van der Waals surface area (Å²) in [5.41, 5.74) is 0. The molecule has 0 aliphatic carbocycles. The summed E-state index contributed by atoms with van der Waals surface area (Å²) in [6, 6.07) is 0. The topological polar surface area (TPSA) is 12.4 Å². The first-order chi connectivity index (χ1) is 4.31. The van der Waals surface area contributed by atoms with Gasteiger partial charge in [-0.25, -0.2) is 0 Å². The fraction of sp³-hybridized carbons (Fsp3) is 0.625. The first-order valence-corrected chi connectivity index (χ1v) is 3.45. The van der Waals surface area contributed by atoms with Crippen LogP contribution in [0.1, 0.15) is 27.2 Å². The highest BCUT2D eigenvalue weighted by atomic mass is 14.6. The van der Waals surface area contributed by atoms with Crippen molar-refractivity contribution in [2.45, 2.75) is 27.2 Å². The van der Waals surface area contributed by atoms with Crippen LogP contribution in [0.15, 0.2) is 17.3 Å². The zero-order valence-corrected chi connectivity index (χ0v) is 6.46. The van der Waals surface area contributed by atoms with Crippen LogP contribution in [-0.4, -0.2) is 6.21 Å². The Morgan fingerprint density at radius 1 is 1.56 bits per heavy atom. The van der Waals surface area contributed by atoms with E-state index in [1.807, 2.05) is 13.1 Å². The van der Waals surface area contributed by atoms with Gasteiger partial charge in [0, 0.05) is 12.4 Å². The number of nitrogens with zero attached hydrogens (tertiary/aromatic N) is 1. The molecule has 1 unspecified atom stereocenters. The molecule has 0 heterocycles. The van der Waals surface area contributed by atoms with Gasteiger partial charge in [-0.05, 0) is 12.8 Å². The summed E-state index contributed by atoms with van der Waals surface area (Å²) in [6.07, 6.45) is 6.95. The fourth-order valence-corrected chi connectivity index (χ4v) is 0.419. The van der Waals surface area contributed by atoms with E-state index in [4.69, 9.17) is 0 Å². The van der Waals surface area contributed by atoms with E-state index < -0.39 is 0 Å². The second kappa shape index (κ2) is 5.54. The van der Waals surface area contributed by atoms with Gasteiger partial charge in [0.05, 0.1) is 0 Å². The van der Waals surface area contributed by atoms with Gasteiger partial charge < -0.3 is 0 Å². The van der Waals surface area contributed by atoms with Crippen molar-refractivity contribution in [3.05, 3.63) is 12.3 Å². The van der Waals surface area contributed by atoms with E-state index in [1.54, 1.807) is 6.21 Å². The molecule has 0 N–H and O–H groups in total. The second-order valence-electron chi connectivity index (χ2n) is 2.13. The van der Waals surface area contributed by atoms with E-state index in [-0.39, 0.29) is 0 Å². The van der Waals surface area contributed by atoms with E-state index in [9.17, 15) is 0 Å². The lowest BCUT2D eigenvalue weighted by Crippen LogP contribution is -1.82. The van der Waals surface area contributed by atoms with Crippen molar-refractivity contribution in [2.24, 2.45) is 10.9 Å². The van der Waals surface area contributed by atoms with Crippen LogP contribution in [0, 0.1) is 5.92 Å². The largest absolute Gasteiger partial charge is 0.270 e. The molecule has 1 atom stereocenters. The zero-order chi connectivity index (χ0) is 7.11. The molecule has 9 heavy (non-hydrogen) atoms. The Balaban J connectivity index is 3.43. The van der Waals surface area contributed by atoms with E-state index in [1.165, 1.54) is 6.42 Å². The van der Waals surface area contributed by atoms with Crippen molar-refractivity contribution in [3.8, 4) is 0 Å². The molecule has 0 aliphatic rings. The van der Waals surface area contributed by atoms with Crippen LogP contribution in [0.5, 0.6) is 0 Å². The van der Waals surface area contributed by atoms with Crippen molar-refractivity contribution < 1.29 is 0 Å². The van der Waals surface area contributed by atoms with Gasteiger partial charge in [-0.3, -0.25) is 4.99 Å². The average molecular weight is 125 g/mol. The van der Waals surface area contributed by atoms with Gasteiger partial charge in [0.1, 0.15) is 0 Å². The first kappa shape index (κ1) is 8.41. The third-order valence-corrected chi connectivity index (χ3v) is 1.29. The molecule has 0 rings (SSSR count). The predicted octanol–water partition coefficient (Wildman–Crippen LogP) is 2.64. The zero-order valence-electron chi connectivity index (χ0n) is 6.46. The van der Waals surface area contributed by atoms with Gasteiger partial charge in [0.2, 0.25) is 0 Å². The van der Waals surface area contributed by atoms with Gasteiger partial charge in [0.15, 0.2) is 0 Å². The van der Waals surface area contributed by atoms with Crippen molar-refractivity contribution in [1.29, 1.82) is 0 Å². The quantitative estimate of drug-likeness (QED) is 0.514. The Bertz CT molecular complexity index is 103. The van der Waals surface area contributed by atoms with E-state index in [0.29, 0.717) is 5.92 Å². The predicted molar refractivity (Wildman–Crippen MR) is 42.8 cm³/mol. The number of aliphatic imine (C=N–C) groups is 1. The minimum atomic E-state index is 0.661. The van der Waals surface area contributed by atoms with Crippen LogP contribution in [0.25, 0.3) is 0 Å². The summed E-state index contributed by atoms with van der Waals surface area (Å²) in [5, 5.41) is 0. The van der Waals surface area contributed by atoms with Gasteiger partial charge >= 0.3 is 0 Å². The molecule has 0 aliphatic heterocycles. The van der Waals surface area contributed by atoms with E-state index >= 15 is 0 Å². The molecule has 0 aromatic carbocycles. The minimum absolute atomic E-state index is 0.661. The highest BCUT2D eigenvalue weighted by Gasteiger charge is 1.87. The van der Waals surface area contributed by atoms with Crippen molar-refractivity contribution in [1.82, 2.24) is 0 Å². The molecule has 0 aromatic rings. The standard InChI is InChI=1S/C8H15N/c1-4-8(3)6-7-9-5-2/h5-8H,4H2,1-3H3/b7-6-,9-5?. The van der Waals surface area contributed by atoms with Gasteiger partial charge in [-0.1, -0.05) is 26.3 Å². The van der Waals surface area contributed by atoms with E-state index in [2.05, 4.69) is 24.9 Å². The minimum Gasteiger partial charge on any atom is -0.270 e. The molecular weight excluding hydrogens is 110 g/mol. The van der Waals surface area contributed by atoms with Crippen LogP contribution >= 0.6 is 0 Å². The van der Waals surface area contributed by atoms with Crippen LogP contribution in [-0.2, 0) is 0 Å². The normalized spacial score (nSPS) is 15.4.